The molecular weight excluding hydrogens is 402 g/mol. The van der Waals surface area contributed by atoms with Gasteiger partial charge in [0.2, 0.25) is 0 Å². The Balaban J connectivity index is 1.37. The number of guanidine groups is 1. The quantitative estimate of drug-likeness (QED) is 0.576. The summed E-state index contributed by atoms with van der Waals surface area (Å²) in [6, 6.07) is 12.2. The Bertz CT molecular complexity index is 930. The van der Waals surface area contributed by atoms with Crippen LogP contribution >= 0.6 is 0 Å². The van der Waals surface area contributed by atoms with Gasteiger partial charge in [-0.3, -0.25) is 14.7 Å². The van der Waals surface area contributed by atoms with E-state index in [9.17, 15) is 4.79 Å². The monoisotopic (exact) mass is 437 g/mol. The van der Waals surface area contributed by atoms with Crippen molar-refractivity contribution in [2.75, 3.05) is 45.8 Å². The van der Waals surface area contributed by atoms with Crippen LogP contribution in [0.2, 0.25) is 0 Å². The van der Waals surface area contributed by atoms with Gasteiger partial charge in [-0.25, -0.2) is 0 Å². The largest absolute Gasteiger partial charge is 0.459 e. The molecule has 4 rings (SSSR count). The van der Waals surface area contributed by atoms with Crippen LogP contribution in [0, 0.1) is 0 Å². The molecule has 1 fully saturated rings. The maximum atomic E-state index is 12.5. The lowest BCUT2D eigenvalue weighted by atomic mass is 9.94. The molecule has 0 aliphatic carbocycles. The Morgan fingerprint density at radius 3 is 2.44 bits per heavy atom. The first kappa shape index (κ1) is 22.4. The summed E-state index contributed by atoms with van der Waals surface area (Å²) in [5.41, 5.74) is 2.86. The average molecular weight is 438 g/mol. The van der Waals surface area contributed by atoms with Gasteiger partial charge in [0.15, 0.2) is 11.7 Å². The van der Waals surface area contributed by atoms with Gasteiger partial charge in [0, 0.05) is 51.4 Å². The van der Waals surface area contributed by atoms with Crippen LogP contribution < -0.4 is 5.32 Å². The van der Waals surface area contributed by atoms with Gasteiger partial charge >= 0.3 is 0 Å². The molecule has 0 unspecified atom stereocenters. The number of piperazine rings is 1. The third kappa shape index (κ3) is 4.99. The van der Waals surface area contributed by atoms with Gasteiger partial charge in [0.05, 0.1) is 12.8 Å². The molecule has 1 N–H and O–H groups in total. The molecule has 7 nitrogen and oxygen atoms in total. The van der Waals surface area contributed by atoms with Crippen LogP contribution in [0.3, 0.4) is 0 Å². The molecule has 1 saturated heterocycles. The minimum atomic E-state index is -0.0388. The van der Waals surface area contributed by atoms with Crippen molar-refractivity contribution in [3.05, 3.63) is 59.5 Å². The summed E-state index contributed by atoms with van der Waals surface area (Å²) in [5.74, 6) is 1.30. The van der Waals surface area contributed by atoms with Crippen LogP contribution in [0.1, 0.15) is 42.5 Å². The van der Waals surface area contributed by atoms with Crippen molar-refractivity contribution in [3.8, 4) is 0 Å². The topological polar surface area (TPSA) is 64.3 Å². The SMILES string of the molecule is CCNC(=NCC(C)(C)N1CCc2ccccc2C1)N1CCN(C(=O)c2ccco2)CC1. The lowest BCUT2D eigenvalue weighted by molar-refractivity contribution is 0.0657. The third-order valence-corrected chi connectivity index (χ3v) is 6.54. The molecule has 2 aliphatic rings. The number of furan rings is 1. The summed E-state index contributed by atoms with van der Waals surface area (Å²) in [6.07, 6.45) is 2.64. The number of fused-ring (bicyclic) bond motifs is 1. The van der Waals surface area contributed by atoms with E-state index >= 15 is 0 Å². The minimum Gasteiger partial charge on any atom is -0.459 e. The number of hydrogen-bond acceptors (Lipinski definition) is 4. The van der Waals surface area contributed by atoms with Gasteiger partial charge in [-0.1, -0.05) is 24.3 Å². The second kappa shape index (κ2) is 9.77. The van der Waals surface area contributed by atoms with Crippen LogP contribution in [-0.4, -0.2) is 77.9 Å². The fourth-order valence-corrected chi connectivity index (χ4v) is 4.48. The van der Waals surface area contributed by atoms with Gasteiger partial charge < -0.3 is 19.5 Å². The molecule has 0 radical (unpaired) electrons. The van der Waals surface area contributed by atoms with E-state index in [0.717, 1.165) is 51.6 Å². The lowest BCUT2D eigenvalue weighted by Gasteiger charge is -2.41. The van der Waals surface area contributed by atoms with E-state index in [2.05, 4.69) is 60.2 Å². The maximum Gasteiger partial charge on any atom is 0.289 e. The summed E-state index contributed by atoms with van der Waals surface area (Å²) in [7, 11) is 0. The molecule has 172 valence electrons. The van der Waals surface area contributed by atoms with Crippen LogP contribution in [-0.2, 0) is 13.0 Å². The number of aliphatic imine (C=N–C) groups is 1. The van der Waals surface area contributed by atoms with Gasteiger partial charge in [0.1, 0.15) is 0 Å². The summed E-state index contributed by atoms with van der Waals surface area (Å²) < 4.78 is 5.27. The number of benzene rings is 1. The maximum absolute atomic E-state index is 12.5. The molecule has 0 bridgehead atoms. The first-order valence-corrected chi connectivity index (χ1v) is 11.7. The summed E-state index contributed by atoms with van der Waals surface area (Å²) in [5, 5.41) is 3.45. The summed E-state index contributed by atoms with van der Waals surface area (Å²) in [4.78, 5) is 24.2. The molecule has 1 aromatic carbocycles. The second-order valence-corrected chi connectivity index (χ2v) is 9.18. The zero-order valence-corrected chi connectivity index (χ0v) is 19.5. The van der Waals surface area contributed by atoms with Crippen molar-refractivity contribution in [3.63, 3.8) is 0 Å². The van der Waals surface area contributed by atoms with Crippen molar-refractivity contribution < 1.29 is 9.21 Å². The zero-order valence-electron chi connectivity index (χ0n) is 19.5. The van der Waals surface area contributed by atoms with Crippen molar-refractivity contribution in [2.24, 2.45) is 4.99 Å². The van der Waals surface area contributed by atoms with Gasteiger partial charge in [-0.2, -0.15) is 0 Å². The smallest absolute Gasteiger partial charge is 0.289 e. The van der Waals surface area contributed by atoms with Crippen LogP contribution in [0.4, 0.5) is 0 Å². The van der Waals surface area contributed by atoms with Gasteiger partial charge in [0.25, 0.3) is 5.91 Å². The number of carbonyl (C=O) groups is 1. The van der Waals surface area contributed by atoms with Gasteiger partial charge in [-0.15, -0.1) is 0 Å². The number of rotatable bonds is 5. The molecule has 32 heavy (non-hydrogen) atoms. The predicted octanol–water partition coefficient (Wildman–Crippen LogP) is 2.84. The number of nitrogens with zero attached hydrogens (tertiary/aromatic N) is 4. The molecule has 0 spiro atoms. The molecule has 2 aromatic rings. The normalized spacial score (nSPS) is 17.9. The van der Waals surface area contributed by atoms with E-state index in [1.165, 1.54) is 11.1 Å². The molecule has 0 saturated carbocycles. The van der Waals surface area contributed by atoms with E-state index in [1.54, 1.807) is 18.4 Å². The number of hydrogen-bond donors (Lipinski definition) is 1. The molecule has 7 heteroatoms. The van der Waals surface area contributed by atoms with Crippen LogP contribution in [0.5, 0.6) is 0 Å². The average Bonchev–Trinajstić information content (AvgIpc) is 3.36. The molecule has 0 atom stereocenters. The van der Waals surface area contributed by atoms with Crippen molar-refractivity contribution >= 4 is 11.9 Å². The Morgan fingerprint density at radius 1 is 1.03 bits per heavy atom. The Hall–Kier alpha value is -2.80. The molecule has 3 heterocycles. The van der Waals surface area contributed by atoms with E-state index in [-0.39, 0.29) is 11.4 Å². The van der Waals surface area contributed by atoms with Crippen molar-refractivity contribution in [1.29, 1.82) is 0 Å². The fraction of sp³-hybridized carbons (Fsp3) is 0.520. The minimum absolute atomic E-state index is 0.0364. The number of nitrogens with one attached hydrogen (secondary N) is 1. The third-order valence-electron chi connectivity index (χ3n) is 6.54. The standard InChI is InChI=1S/C25H35N5O2/c1-4-26-24(29-15-13-28(14-16-29)23(31)22-10-7-17-32-22)27-19-25(2,3)30-12-11-20-8-5-6-9-21(20)18-30/h5-10,17H,4,11-16,18-19H2,1-3H3,(H,26,27). The van der Waals surface area contributed by atoms with Crippen LogP contribution in [0.25, 0.3) is 0 Å². The van der Waals surface area contributed by atoms with E-state index < -0.39 is 0 Å². The Labute approximate surface area is 191 Å². The number of amides is 1. The molecule has 1 amide bonds. The highest BCUT2D eigenvalue weighted by Gasteiger charge is 2.30. The van der Waals surface area contributed by atoms with Crippen LogP contribution in [0.15, 0.2) is 52.1 Å². The Kier molecular flexibility index (Phi) is 6.84. The first-order chi connectivity index (χ1) is 15.5. The first-order valence-electron chi connectivity index (χ1n) is 11.7. The lowest BCUT2D eigenvalue weighted by Crippen LogP contribution is -2.54. The van der Waals surface area contributed by atoms with E-state index in [1.807, 2.05) is 4.90 Å². The molecule has 2 aliphatic heterocycles. The number of carbonyl (C=O) groups excluding carboxylic acids is 1. The van der Waals surface area contributed by atoms with Gasteiger partial charge in [-0.05, 0) is 50.5 Å². The molecule has 1 aromatic heterocycles. The summed E-state index contributed by atoms with van der Waals surface area (Å²) in [6.45, 7) is 13.1. The Morgan fingerprint density at radius 2 is 1.75 bits per heavy atom. The van der Waals surface area contributed by atoms with Crippen molar-refractivity contribution in [1.82, 2.24) is 20.0 Å². The highest BCUT2D eigenvalue weighted by Crippen LogP contribution is 2.25. The highest BCUT2D eigenvalue weighted by atomic mass is 16.3. The zero-order chi connectivity index (χ0) is 22.6. The molecular formula is C25H35N5O2. The fourth-order valence-electron chi connectivity index (χ4n) is 4.48. The van der Waals surface area contributed by atoms with E-state index in [4.69, 9.17) is 9.41 Å². The van der Waals surface area contributed by atoms with E-state index in [0.29, 0.717) is 18.8 Å². The van der Waals surface area contributed by atoms with Crippen molar-refractivity contribution in [2.45, 2.75) is 39.3 Å². The highest BCUT2D eigenvalue weighted by molar-refractivity contribution is 5.91. The summed E-state index contributed by atoms with van der Waals surface area (Å²) >= 11 is 0. The predicted molar refractivity (Wildman–Crippen MR) is 127 cm³/mol. The second-order valence-electron chi connectivity index (χ2n) is 9.18.